The lowest BCUT2D eigenvalue weighted by Crippen LogP contribution is -2.42. The fourth-order valence-electron chi connectivity index (χ4n) is 4.63. The summed E-state index contributed by atoms with van der Waals surface area (Å²) in [6, 6.07) is 14.0. The molecule has 1 fully saturated rings. The fourth-order valence-corrected chi connectivity index (χ4v) is 4.63. The van der Waals surface area contributed by atoms with E-state index in [0.29, 0.717) is 18.9 Å². The van der Waals surface area contributed by atoms with Crippen molar-refractivity contribution in [2.45, 2.75) is 37.9 Å². The van der Waals surface area contributed by atoms with E-state index >= 15 is 0 Å². The molecule has 2 heterocycles. The number of aromatic hydroxyl groups is 2. The highest BCUT2D eigenvalue weighted by Gasteiger charge is 2.35. The first kappa shape index (κ1) is 19.2. The Bertz CT molecular complexity index is 788. The quantitative estimate of drug-likeness (QED) is 0.693. The molecule has 0 bridgehead atoms. The van der Waals surface area contributed by atoms with E-state index in [1.54, 1.807) is 0 Å². The monoisotopic (exact) mass is 382 g/mol. The smallest absolute Gasteiger partial charge is 0.161 e. The van der Waals surface area contributed by atoms with Crippen molar-refractivity contribution in [1.29, 1.82) is 0 Å². The molecule has 28 heavy (non-hydrogen) atoms. The van der Waals surface area contributed by atoms with E-state index in [1.807, 2.05) is 6.07 Å². The molecule has 0 spiro atoms. The van der Waals surface area contributed by atoms with Crippen molar-refractivity contribution in [3.63, 3.8) is 0 Å². The van der Waals surface area contributed by atoms with E-state index in [0.717, 1.165) is 50.0 Å². The first-order chi connectivity index (χ1) is 13.7. The molecule has 0 amide bonds. The molecule has 5 heteroatoms. The van der Waals surface area contributed by atoms with Crippen LogP contribution in [0, 0.1) is 5.92 Å². The van der Waals surface area contributed by atoms with Gasteiger partial charge in [-0.3, -0.25) is 0 Å². The van der Waals surface area contributed by atoms with Gasteiger partial charge in [0, 0.05) is 25.1 Å². The number of piperidine rings is 1. The summed E-state index contributed by atoms with van der Waals surface area (Å²) in [6.07, 6.45) is 3.74. The van der Waals surface area contributed by atoms with Crippen LogP contribution in [-0.4, -0.2) is 47.4 Å². The van der Waals surface area contributed by atoms with Crippen LogP contribution < -0.4 is 5.73 Å². The Balaban J connectivity index is 1.36. The number of ether oxygens (including phenoxy) is 1. The highest BCUT2D eigenvalue weighted by molar-refractivity contribution is 5.51. The third kappa shape index (κ3) is 4.02. The van der Waals surface area contributed by atoms with Crippen LogP contribution in [0.4, 0.5) is 0 Å². The second kappa shape index (κ2) is 8.52. The number of hydrogen-bond donors (Lipinski definition) is 3. The zero-order valence-electron chi connectivity index (χ0n) is 16.3. The number of nitrogens with zero attached hydrogens (tertiary/aromatic N) is 1. The third-order valence-corrected chi connectivity index (χ3v) is 6.32. The first-order valence-corrected chi connectivity index (χ1v) is 10.3. The number of phenolic OH excluding ortho intramolecular Hbond substituents is 2. The van der Waals surface area contributed by atoms with Crippen molar-refractivity contribution >= 4 is 0 Å². The molecule has 0 radical (unpaired) electrons. The average Bonchev–Trinajstić information content (AvgIpc) is 2.75. The minimum absolute atomic E-state index is 0.00968. The summed E-state index contributed by atoms with van der Waals surface area (Å²) < 4.78 is 6.32. The lowest BCUT2D eigenvalue weighted by Gasteiger charge is -2.40. The molecule has 2 aromatic carbocycles. The van der Waals surface area contributed by atoms with E-state index in [4.69, 9.17) is 10.5 Å². The summed E-state index contributed by atoms with van der Waals surface area (Å²) in [4.78, 5) is 2.53. The second-order valence-electron chi connectivity index (χ2n) is 8.02. The van der Waals surface area contributed by atoms with Crippen LogP contribution in [0.5, 0.6) is 11.5 Å². The van der Waals surface area contributed by atoms with Crippen LogP contribution in [0.25, 0.3) is 0 Å². The van der Waals surface area contributed by atoms with Crippen LogP contribution in [-0.2, 0) is 17.6 Å². The second-order valence-corrected chi connectivity index (χ2v) is 8.02. The maximum atomic E-state index is 10.3. The molecular weight excluding hydrogens is 352 g/mol. The Morgan fingerprint density at radius 3 is 2.50 bits per heavy atom. The van der Waals surface area contributed by atoms with Crippen LogP contribution in [0.3, 0.4) is 0 Å². The number of hydrogen-bond acceptors (Lipinski definition) is 5. The molecule has 2 aliphatic rings. The Labute approximate surface area is 166 Å². The topological polar surface area (TPSA) is 79.0 Å². The molecule has 0 aliphatic carbocycles. The van der Waals surface area contributed by atoms with Gasteiger partial charge in [-0.2, -0.15) is 0 Å². The van der Waals surface area contributed by atoms with Gasteiger partial charge in [0.1, 0.15) is 0 Å². The highest BCUT2D eigenvalue weighted by atomic mass is 16.5. The summed E-state index contributed by atoms with van der Waals surface area (Å²) in [5.74, 6) is 0.382. The zero-order valence-corrected chi connectivity index (χ0v) is 16.3. The van der Waals surface area contributed by atoms with Gasteiger partial charge in [0.25, 0.3) is 0 Å². The molecule has 150 valence electrons. The molecule has 2 unspecified atom stereocenters. The van der Waals surface area contributed by atoms with Gasteiger partial charge in [0.2, 0.25) is 0 Å². The first-order valence-electron chi connectivity index (χ1n) is 10.3. The Kier molecular flexibility index (Phi) is 5.85. The molecule has 4 rings (SSSR count). The minimum Gasteiger partial charge on any atom is -0.504 e. The van der Waals surface area contributed by atoms with E-state index < -0.39 is 0 Å². The van der Waals surface area contributed by atoms with E-state index in [9.17, 15) is 10.2 Å². The molecule has 5 nitrogen and oxygen atoms in total. The SMILES string of the molecule is NCC1OC(C2CCN(CCc3ccccc3)CC2)Cc2c1ccc(O)c2O. The van der Waals surface area contributed by atoms with Crippen molar-refractivity contribution in [1.82, 2.24) is 4.90 Å². The molecule has 2 atom stereocenters. The zero-order chi connectivity index (χ0) is 19.5. The third-order valence-electron chi connectivity index (χ3n) is 6.32. The Hall–Kier alpha value is -2.08. The molecule has 0 saturated carbocycles. The van der Waals surface area contributed by atoms with Gasteiger partial charge in [0.15, 0.2) is 11.5 Å². The molecule has 1 saturated heterocycles. The maximum Gasteiger partial charge on any atom is 0.161 e. The van der Waals surface area contributed by atoms with Gasteiger partial charge in [-0.25, -0.2) is 0 Å². The van der Waals surface area contributed by atoms with Crippen molar-refractivity contribution in [2.24, 2.45) is 11.7 Å². The summed E-state index contributed by atoms with van der Waals surface area (Å²) in [5.41, 5.74) is 9.04. The van der Waals surface area contributed by atoms with Gasteiger partial charge >= 0.3 is 0 Å². The predicted molar refractivity (Wildman–Crippen MR) is 109 cm³/mol. The number of nitrogens with two attached hydrogens (primary N) is 1. The normalized spacial score (nSPS) is 23.5. The van der Waals surface area contributed by atoms with Gasteiger partial charge < -0.3 is 25.6 Å². The fraction of sp³-hybridized carbons (Fsp3) is 0.478. The molecule has 2 aromatic rings. The number of benzene rings is 2. The van der Waals surface area contributed by atoms with Crippen LogP contribution in [0.1, 0.15) is 35.6 Å². The average molecular weight is 383 g/mol. The van der Waals surface area contributed by atoms with Crippen LogP contribution in [0.15, 0.2) is 42.5 Å². The van der Waals surface area contributed by atoms with Gasteiger partial charge in [0.05, 0.1) is 12.2 Å². The van der Waals surface area contributed by atoms with E-state index in [1.165, 1.54) is 11.6 Å². The van der Waals surface area contributed by atoms with Gasteiger partial charge in [-0.1, -0.05) is 36.4 Å². The lowest BCUT2D eigenvalue weighted by atomic mass is 9.83. The summed E-state index contributed by atoms with van der Waals surface area (Å²) >= 11 is 0. The molecule has 4 N–H and O–H groups in total. The highest BCUT2D eigenvalue weighted by Crippen LogP contribution is 2.42. The van der Waals surface area contributed by atoms with Crippen molar-refractivity contribution in [2.75, 3.05) is 26.2 Å². The number of likely N-dealkylation sites (tertiary alicyclic amines) is 1. The summed E-state index contributed by atoms with van der Waals surface area (Å²) in [6.45, 7) is 3.61. The van der Waals surface area contributed by atoms with Gasteiger partial charge in [-0.05, 0) is 55.5 Å². The maximum absolute atomic E-state index is 10.3. The van der Waals surface area contributed by atoms with E-state index in [2.05, 4.69) is 35.2 Å². The predicted octanol–water partition coefficient (Wildman–Crippen LogP) is 2.99. The van der Waals surface area contributed by atoms with Crippen molar-refractivity contribution in [3.8, 4) is 11.5 Å². The van der Waals surface area contributed by atoms with E-state index in [-0.39, 0.29) is 23.7 Å². The minimum atomic E-state index is -0.212. The largest absolute Gasteiger partial charge is 0.504 e. The summed E-state index contributed by atoms with van der Waals surface area (Å²) in [7, 11) is 0. The number of rotatable bonds is 5. The standard InChI is InChI=1S/C23H30N2O3/c24-15-22-18-6-7-20(26)23(27)19(18)14-21(28-22)17-9-12-25(13-10-17)11-8-16-4-2-1-3-5-16/h1-7,17,21-22,26-27H,8-15,24H2. The molecular formula is C23H30N2O3. The number of phenols is 2. The molecule has 0 aromatic heterocycles. The van der Waals surface area contributed by atoms with Crippen molar-refractivity contribution < 1.29 is 14.9 Å². The van der Waals surface area contributed by atoms with Gasteiger partial charge in [-0.15, -0.1) is 0 Å². The summed E-state index contributed by atoms with van der Waals surface area (Å²) in [5, 5.41) is 20.2. The Morgan fingerprint density at radius 1 is 1.04 bits per heavy atom. The van der Waals surface area contributed by atoms with Crippen LogP contribution >= 0.6 is 0 Å². The Morgan fingerprint density at radius 2 is 1.79 bits per heavy atom. The number of fused-ring (bicyclic) bond motifs is 1. The van der Waals surface area contributed by atoms with Crippen molar-refractivity contribution in [3.05, 3.63) is 59.2 Å². The van der Waals surface area contributed by atoms with Crippen LogP contribution in [0.2, 0.25) is 0 Å². The lowest BCUT2D eigenvalue weighted by molar-refractivity contribution is -0.0646. The molecule has 2 aliphatic heterocycles.